The Morgan fingerprint density at radius 3 is 2.94 bits per heavy atom. The van der Waals surface area contributed by atoms with Crippen molar-refractivity contribution in [1.82, 2.24) is 4.90 Å². The standard InChI is InChI=1S/C14H22N2/c1-16-9-12-4-2-6-13(14(12)10-16)11-5-3-7-15-8-11/h3,7-8,11-14H,2,4-6,9-10H2,1H3/t11?,12-,13-,14+/m0/s1. The van der Waals surface area contributed by atoms with Gasteiger partial charge in [-0.05, 0) is 44.1 Å². The maximum Gasteiger partial charge on any atom is 0.0224 e. The van der Waals surface area contributed by atoms with Crippen molar-refractivity contribution in [1.29, 1.82) is 0 Å². The van der Waals surface area contributed by atoms with Crippen molar-refractivity contribution >= 4 is 6.21 Å². The topological polar surface area (TPSA) is 15.6 Å². The van der Waals surface area contributed by atoms with Gasteiger partial charge in [-0.2, -0.15) is 0 Å². The first-order valence-corrected chi connectivity index (χ1v) is 6.71. The zero-order valence-corrected chi connectivity index (χ0v) is 10.2. The number of hydrogen-bond donors (Lipinski definition) is 0. The summed E-state index contributed by atoms with van der Waals surface area (Å²) in [5.74, 6) is 3.55. The maximum absolute atomic E-state index is 4.35. The molecule has 2 nitrogen and oxygen atoms in total. The second-order valence-corrected chi connectivity index (χ2v) is 5.82. The maximum atomic E-state index is 4.35. The summed E-state index contributed by atoms with van der Waals surface area (Å²) in [6, 6.07) is 0. The van der Waals surface area contributed by atoms with Gasteiger partial charge in [0.25, 0.3) is 0 Å². The summed E-state index contributed by atoms with van der Waals surface area (Å²) in [5.41, 5.74) is 0. The lowest BCUT2D eigenvalue weighted by atomic mass is 9.68. The molecule has 16 heavy (non-hydrogen) atoms. The van der Waals surface area contributed by atoms with Crippen molar-refractivity contribution in [3.63, 3.8) is 0 Å². The molecular formula is C14H22N2. The normalized spacial score (nSPS) is 43.6. The van der Waals surface area contributed by atoms with Crippen LogP contribution in [0.25, 0.3) is 0 Å². The Balaban J connectivity index is 1.74. The molecule has 3 aliphatic rings. The zero-order valence-electron chi connectivity index (χ0n) is 10.2. The molecule has 4 atom stereocenters. The third kappa shape index (κ3) is 1.84. The quantitative estimate of drug-likeness (QED) is 0.660. The average molecular weight is 218 g/mol. The van der Waals surface area contributed by atoms with Crippen molar-refractivity contribution in [3.8, 4) is 0 Å². The van der Waals surface area contributed by atoms with Crippen LogP contribution in [0.3, 0.4) is 0 Å². The number of rotatable bonds is 1. The molecule has 0 aromatic rings. The van der Waals surface area contributed by atoms with Gasteiger partial charge in [-0.1, -0.05) is 12.5 Å². The van der Waals surface area contributed by atoms with Crippen molar-refractivity contribution in [3.05, 3.63) is 12.3 Å². The third-order valence-corrected chi connectivity index (χ3v) is 4.76. The molecule has 0 N–H and O–H groups in total. The van der Waals surface area contributed by atoms with E-state index in [0.29, 0.717) is 0 Å². The highest BCUT2D eigenvalue weighted by Crippen LogP contribution is 2.43. The number of nitrogens with zero attached hydrogens (tertiary/aromatic N) is 2. The Labute approximate surface area is 98.4 Å². The summed E-state index contributed by atoms with van der Waals surface area (Å²) < 4.78 is 0. The van der Waals surface area contributed by atoms with Crippen LogP contribution >= 0.6 is 0 Å². The summed E-state index contributed by atoms with van der Waals surface area (Å²) in [5, 5.41) is 0. The summed E-state index contributed by atoms with van der Waals surface area (Å²) in [6.45, 7) is 2.66. The molecule has 1 aliphatic carbocycles. The second kappa shape index (κ2) is 4.33. The Bertz CT molecular complexity index is 308. The fourth-order valence-corrected chi connectivity index (χ4v) is 4.06. The largest absolute Gasteiger partial charge is 0.306 e. The lowest BCUT2D eigenvalue weighted by molar-refractivity contribution is 0.165. The van der Waals surface area contributed by atoms with Gasteiger partial charge in [-0.15, -0.1) is 0 Å². The molecular weight excluding hydrogens is 196 g/mol. The van der Waals surface area contributed by atoms with Gasteiger partial charge in [0.2, 0.25) is 0 Å². The number of allylic oxidation sites excluding steroid dienone is 1. The van der Waals surface area contributed by atoms with E-state index < -0.39 is 0 Å². The Kier molecular flexibility index (Phi) is 2.84. The van der Waals surface area contributed by atoms with Gasteiger partial charge < -0.3 is 4.90 Å². The Hall–Kier alpha value is -0.630. The predicted molar refractivity (Wildman–Crippen MR) is 67.6 cm³/mol. The molecule has 0 aromatic heterocycles. The summed E-state index contributed by atoms with van der Waals surface area (Å²) in [7, 11) is 2.28. The van der Waals surface area contributed by atoms with E-state index in [9.17, 15) is 0 Å². The van der Waals surface area contributed by atoms with Crippen LogP contribution in [0.1, 0.15) is 25.7 Å². The van der Waals surface area contributed by atoms with Crippen LogP contribution in [0.5, 0.6) is 0 Å². The molecule has 88 valence electrons. The lowest BCUT2D eigenvalue weighted by Crippen LogP contribution is -2.33. The minimum atomic E-state index is 0.726. The highest BCUT2D eigenvalue weighted by atomic mass is 15.1. The minimum absolute atomic E-state index is 0.726. The van der Waals surface area contributed by atoms with Crippen LogP contribution in [-0.2, 0) is 0 Å². The van der Waals surface area contributed by atoms with Gasteiger partial charge in [0.1, 0.15) is 0 Å². The molecule has 2 aliphatic heterocycles. The van der Waals surface area contributed by atoms with Gasteiger partial charge in [0.15, 0.2) is 0 Å². The van der Waals surface area contributed by atoms with Gasteiger partial charge >= 0.3 is 0 Å². The summed E-state index contributed by atoms with van der Waals surface area (Å²) in [6.07, 6.45) is 12.0. The number of fused-ring (bicyclic) bond motifs is 1. The van der Waals surface area contributed by atoms with Crippen molar-refractivity contribution in [2.45, 2.75) is 25.7 Å². The van der Waals surface area contributed by atoms with Gasteiger partial charge in [0, 0.05) is 31.4 Å². The summed E-state index contributed by atoms with van der Waals surface area (Å²) in [4.78, 5) is 6.88. The van der Waals surface area contributed by atoms with E-state index in [0.717, 1.165) is 23.7 Å². The molecule has 3 rings (SSSR count). The van der Waals surface area contributed by atoms with E-state index in [1.54, 1.807) is 0 Å². The first-order chi connectivity index (χ1) is 7.84. The van der Waals surface area contributed by atoms with Gasteiger partial charge in [-0.3, -0.25) is 4.99 Å². The molecule has 0 spiro atoms. The molecule has 1 unspecified atom stereocenters. The molecule has 2 heteroatoms. The average Bonchev–Trinajstić information content (AvgIpc) is 2.70. The van der Waals surface area contributed by atoms with Crippen molar-refractivity contribution in [2.24, 2.45) is 28.7 Å². The SMILES string of the molecule is CN1C[C@@H]2CCC[C@@H](C3C=NC=CC3)[C@@H]2C1. The highest BCUT2D eigenvalue weighted by molar-refractivity contribution is 5.63. The third-order valence-electron chi connectivity index (χ3n) is 4.76. The van der Waals surface area contributed by atoms with E-state index in [1.807, 2.05) is 6.20 Å². The Morgan fingerprint density at radius 2 is 2.12 bits per heavy atom. The predicted octanol–water partition coefficient (Wildman–Crippen LogP) is 2.57. The van der Waals surface area contributed by atoms with Crippen molar-refractivity contribution in [2.75, 3.05) is 20.1 Å². The molecule has 1 saturated heterocycles. The molecule has 2 heterocycles. The molecule has 0 bridgehead atoms. The van der Waals surface area contributed by atoms with E-state index in [1.165, 1.54) is 38.8 Å². The fourth-order valence-electron chi connectivity index (χ4n) is 4.06. The highest BCUT2D eigenvalue weighted by Gasteiger charge is 2.41. The minimum Gasteiger partial charge on any atom is -0.306 e. The van der Waals surface area contributed by atoms with Gasteiger partial charge in [-0.25, -0.2) is 0 Å². The van der Waals surface area contributed by atoms with E-state index in [4.69, 9.17) is 0 Å². The molecule has 0 aromatic carbocycles. The van der Waals surface area contributed by atoms with E-state index in [-0.39, 0.29) is 0 Å². The van der Waals surface area contributed by atoms with E-state index in [2.05, 4.69) is 29.2 Å². The molecule has 0 amide bonds. The first kappa shape index (κ1) is 10.5. The van der Waals surface area contributed by atoms with Crippen LogP contribution in [0.2, 0.25) is 0 Å². The number of likely N-dealkylation sites (tertiary alicyclic amines) is 1. The second-order valence-electron chi connectivity index (χ2n) is 5.82. The zero-order chi connectivity index (χ0) is 11.0. The monoisotopic (exact) mass is 218 g/mol. The van der Waals surface area contributed by atoms with Crippen LogP contribution < -0.4 is 0 Å². The number of aliphatic imine (C=N–C) groups is 1. The molecule has 1 saturated carbocycles. The number of hydrogen-bond acceptors (Lipinski definition) is 2. The van der Waals surface area contributed by atoms with Crippen LogP contribution in [-0.4, -0.2) is 31.3 Å². The Morgan fingerprint density at radius 1 is 1.19 bits per heavy atom. The van der Waals surface area contributed by atoms with Crippen LogP contribution in [0.15, 0.2) is 17.3 Å². The van der Waals surface area contributed by atoms with Gasteiger partial charge in [0.05, 0.1) is 0 Å². The lowest BCUT2D eigenvalue weighted by Gasteiger charge is -2.37. The fraction of sp³-hybridized carbons (Fsp3) is 0.786. The summed E-state index contributed by atoms with van der Waals surface area (Å²) >= 11 is 0. The smallest absolute Gasteiger partial charge is 0.0224 e. The molecule has 0 radical (unpaired) electrons. The van der Waals surface area contributed by atoms with Crippen LogP contribution in [0, 0.1) is 23.7 Å². The van der Waals surface area contributed by atoms with E-state index >= 15 is 0 Å². The van der Waals surface area contributed by atoms with Crippen molar-refractivity contribution < 1.29 is 0 Å². The molecule has 2 fully saturated rings. The first-order valence-electron chi connectivity index (χ1n) is 6.71. The van der Waals surface area contributed by atoms with Crippen LogP contribution in [0.4, 0.5) is 0 Å².